The molecule has 0 saturated heterocycles. The van der Waals surface area contributed by atoms with Crippen LogP contribution in [0.15, 0.2) is 60.3 Å². The van der Waals surface area contributed by atoms with Crippen molar-refractivity contribution in [1.82, 2.24) is 10.6 Å². The van der Waals surface area contributed by atoms with Crippen LogP contribution in [0.2, 0.25) is 0 Å². The molecule has 0 unspecified atom stereocenters. The number of carboxylic acids is 1. The predicted octanol–water partition coefficient (Wildman–Crippen LogP) is 2.84. The average molecular weight is 396 g/mol. The second-order valence-electron chi connectivity index (χ2n) is 6.13. The standard InChI is InChI=1S/C22H24N2O5/c1-2-29-18-12-10-17(11-13-18)21(27)24-19(15-16-7-4-3-5-8-16)22(28)23-14-6-9-20(25)26/h3-5,7-8,10-13,15H,2,6,9,14H2,1H3,(H,23,28)(H,24,27)(H,25,26)/b19-15-. The number of carboxylic acid groups (broad SMARTS) is 1. The number of hydrogen-bond donors (Lipinski definition) is 3. The van der Waals surface area contributed by atoms with Gasteiger partial charge in [0.1, 0.15) is 11.4 Å². The van der Waals surface area contributed by atoms with Crippen molar-refractivity contribution in [3.05, 3.63) is 71.4 Å². The number of rotatable bonds is 10. The quantitative estimate of drug-likeness (QED) is 0.423. The lowest BCUT2D eigenvalue weighted by atomic mass is 10.1. The van der Waals surface area contributed by atoms with Crippen LogP contribution in [-0.2, 0) is 9.59 Å². The zero-order valence-corrected chi connectivity index (χ0v) is 16.2. The van der Waals surface area contributed by atoms with Crippen molar-refractivity contribution < 1.29 is 24.2 Å². The molecule has 0 spiro atoms. The van der Waals surface area contributed by atoms with Crippen molar-refractivity contribution in [2.75, 3.05) is 13.2 Å². The summed E-state index contributed by atoms with van der Waals surface area (Å²) in [5.74, 6) is -1.20. The Bertz CT molecular complexity index is 861. The molecule has 3 N–H and O–H groups in total. The fourth-order valence-corrected chi connectivity index (χ4v) is 2.47. The molecule has 0 fully saturated rings. The molecule has 0 aliphatic carbocycles. The summed E-state index contributed by atoms with van der Waals surface area (Å²) in [6.07, 6.45) is 1.82. The molecule has 0 heterocycles. The van der Waals surface area contributed by atoms with Crippen LogP contribution >= 0.6 is 0 Å². The van der Waals surface area contributed by atoms with Gasteiger partial charge in [-0.2, -0.15) is 0 Å². The second-order valence-corrected chi connectivity index (χ2v) is 6.13. The summed E-state index contributed by atoms with van der Waals surface area (Å²) in [5, 5.41) is 14.0. The van der Waals surface area contributed by atoms with E-state index in [1.807, 2.05) is 25.1 Å². The third kappa shape index (κ3) is 7.50. The van der Waals surface area contributed by atoms with Crippen LogP contribution in [0, 0.1) is 0 Å². The highest BCUT2D eigenvalue weighted by molar-refractivity contribution is 6.05. The Morgan fingerprint density at radius 1 is 1.03 bits per heavy atom. The summed E-state index contributed by atoms with van der Waals surface area (Å²) >= 11 is 0. The van der Waals surface area contributed by atoms with Gasteiger partial charge < -0.3 is 20.5 Å². The number of ether oxygens (including phenoxy) is 1. The molecule has 0 aromatic heterocycles. The van der Waals surface area contributed by atoms with Gasteiger partial charge in [-0.3, -0.25) is 14.4 Å². The number of carbonyl (C=O) groups excluding carboxylic acids is 2. The van der Waals surface area contributed by atoms with E-state index in [9.17, 15) is 14.4 Å². The summed E-state index contributed by atoms with van der Waals surface area (Å²) in [7, 11) is 0. The molecule has 0 aliphatic rings. The number of benzene rings is 2. The Morgan fingerprint density at radius 3 is 2.34 bits per heavy atom. The Hall–Kier alpha value is -3.61. The lowest BCUT2D eigenvalue weighted by molar-refractivity contribution is -0.137. The third-order valence-corrected chi connectivity index (χ3v) is 3.88. The third-order valence-electron chi connectivity index (χ3n) is 3.88. The average Bonchev–Trinajstić information content (AvgIpc) is 2.72. The summed E-state index contributed by atoms with van der Waals surface area (Å²) in [6.45, 7) is 2.59. The van der Waals surface area contributed by atoms with Crippen molar-refractivity contribution in [2.24, 2.45) is 0 Å². The smallest absolute Gasteiger partial charge is 0.303 e. The summed E-state index contributed by atoms with van der Waals surface area (Å²) in [4.78, 5) is 35.7. The highest BCUT2D eigenvalue weighted by Crippen LogP contribution is 2.13. The van der Waals surface area contributed by atoms with E-state index >= 15 is 0 Å². The number of carbonyl (C=O) groups is 3. The van der Waals surface area contributed by atoms with Crippen LogP contribution in [0.4, 0.5) is 0 Å². The zero-order chi connectivity index (χ0) is 21.1. The normalized spacial score (nSPS) is 10.9. The van der Waals surface area contributed by atoms with Crippen molar-refractivity contribution in [3.8, 4) is 5.75 Å². The Balaban J connectivity index is 2.12. The molecule has 7 nitrogen and oxygen atoms in total. The lowest BCUT2D eigenvalue weighted by Gasteiger charge is -2.11. The van der Waals surface area contributed by atoms with Gasteiger partial charge in [-0.15, -0.1) is 0 Å². The summed E-state index contributed by atoms with van der Waals surface area (Å²) in [5.41, 5.74) is 1.20. The van der Waals surface area contributed by atoms with Gasteiger partial charge in [0.15, 0.2) is 0 Å². The minimum absolute atomic E-state index is 0.0451. The topological polar surface area (TPSA) is 105 Å². The maximum Gasteiger partial charge on any atom is 0.303 e. The van der Waals surface area contributed by atoms with Gasteiger partial charge in [0.25, 0.3) is 11.8 Å². The number of amides is 2. The second kappa shape index (κ2) is 11.3. The largest absolute Gasteiger partial charge is 0.494 e. The molecule has 0 saturated carbocycles. The van der Waals surface area contributed by atoms with E-state index < -0.39 is 17.8 Å². The zero-order valence-electron chi connectivity index (χ0n) is 16.2. The number of hydrogen-bond acceptors (Lipinski definition) is 4. The first-order valence-electron chi connectivity index (χ1n) is 9.30. The molecule has 0 atom stereocenters. The van der Waals surface area contributed by atoms with E-state index in [4.69, 9.17) is 9.84 Å². The van der Waals surface area contributed by atoms with Crippen molar-refractivity contribution in [2.45, 2.75) is 19.8 Å². The first kappa shape index (κ1) is 21.7. The van der Waals surface area contributed by atoms with Crippen LogP contribution in [-0.4, -0.2) is 36.0 Å². The minimum atomic E-state index is -0.928. The van der Waals surface area contributed by atoms with E-state index in [1.54, 1.807) is 42.5 Å². The van der Waals surface area contributed by atoms with Crippen LogP contribution in [0.5, 0.6) is 5.75 Å². The van der Waals surface area contributed by atoms with E-state index in [0.29, 0.717) is 24.3 Å². The van der Waals surface area contributed by atoms with Gasteiger partial charge in [-0.25, -0.2) is 0 Å². The first-order chi connectivity index (χ1) is 14.0. The van der Waals surface area contributed by atoms with Crippen LogP contribution in [0.1, 0.15) is 35.7 Å². The summed E-state index contributed by atoms with van der Waals surface area (Å²) < 4.78 is 5.36. The molecular formula is C22H24N2O5. The molecule has 2 amide bonds. The van der Waals surface area contributed by atoms with Gasteiger partial charge in [0, 0.05) is 18.5 Å². The molecule has 29 heavy (non-hydrogen) atoms. The fourth-order valence-electron chi connectivity index (χ4n) is 2.47. The molecule has 152 valence electrons. The molecular weight excluding hydrogens is 372 g/mol. The van der Waals surface area contributed by atoms with Gasteiger partial charge in [0.05, 0.1) is 6.61 Å². The van der Waals surface area contributed by atoms with E-state index in [0.717, 1.165) is 5.56 Å². The Morgan fingerprint density at radius 2 is 1.72 bits per heavy atom. The van der Waals surface area contributed by atoms with Crippen LogP contribution in [0.25, 0.3) is 6.08 Å². The number of nitrogens with one attached hydrogen (secondary N) is 2. The van der Waals surface area contributed by atoms with Crippen molar-refractivity contribution >= 4 is 23.9 Å². The molecule has 0 bridgehead atoms. The van der Waals surface area contributed by atoms with Crippen molar-refractivity contribution in [1.29, 1.82) is 0 Å². The highest BCUT2D eigenvalue weighted by Gasteiger charge is 2.15. The van der Waals surface area contributed by atoms with Crippen LogP contribution < -0.4 is 15.4 Å². The molecule has 7 heteroatoms. The Kier molecular flexibility index (Phi) is 8.44. The fraction of sp³-hybridized carbons (Fsp3) is 0.227. The van der Waals surface area contributed by atoms with E-state index in [2.05, 4.69) is 10.6 Å². The monoisotopic (exact) mass is 396 g/mol. The van der Waals surface area contributed by atoms with Gasteiger partial charge in [-0.1, -0.05) is 30.3 Å². The molecule has 0 radical (unpaired) electrons. The van der Waals surface area contributed by atoms with Crippen molar-refractivity contribution in [3.63, 3.8) is 0 Å². The predicted molar refractivity (Wildman–Crippen MR) is 109 cm³/mol. The Labute approximate surface area is 169 Å². The molecule has 2 aromatic rings. The van der Waals surface area contributed by atoms with Gasteiger partial charge in [-0.05, 0) is 49.2 Å². The number of aliphatic carboxylic acids is 1. The first-order valence-corrected chi connectivity index (χ1v) is 9.30. The minimum Gasteiger partial charge on any atom is -0.494 e. The van der Waals surface area contributed by atoms with Crippen LogP contribution in [0.3, 0.4) is 0 Å². The SMILES string of the molecule is CCOc1ccc(C(=O)N/C(=C\c2ccccc2)C(=O)NCCCC(=O)O)cc1. The van der Waals surface area contributed by atoms with E-state index in [-0.39, 0.29) is 18.7 Å². The maximum atomic E-state index is 12.6. The highest BCUT2D eigenvalue weighted by atomic mass is 16.5. The van der Waals surface area contributed by atoms with E-state index in [1.165, 1.54) is 0 Å². The molecule has 2 aromatic carbocycles. The molecule has 2 rings (SSSR count). The van der Waals surface area contributed by atoms with Gasteiger partial charge in [0.2, 0.25) is 0 Å². The summed E-state index contributed by atoms with van der Waals surface area (Å²) in [6, 6.07) is 15.7. The lowest BCUT2D eigenvalue weighted by Crippen LogP contribution is -2.35. The maximum absolute atomic E-state index is 12.6. The van der Waals surface area contributed by atoms with Gasteiger partial charge >= 0.3 is 5.97 Å². The molecule has 0 aliphatic heterocycles.